The first-order valence-corrected chi connectivity index (χ1v) is 5.23. The Morgan fingerprint density at radius 3 is 2.83 bits per heavy atom. The molecule has 2 rings (SSSR count). The molecule has 4 N–H and O–H groups in total. The number of carboxylic acid groups (broad SMARTS) is 1. The Morgan fingerprint density at radius 2 is 2.22 bits per heavy atom. The van der Waals surface area contributed by atoms with E-state index in [9.17, 15) is 9.59 Å². The normalized spacial score (nSPS) is 10.5. The lowest BCUT2D eigenvalue weighted by atomic mass is 10.1. The first-order chi connectivity index (χ1) is 8.52. The molecule has 0 bridgehead atoms. The number of anilines is 1. The maximum atomic E-state index is 11.5. The monoisotopic (exact) mass is 248 g/mol. The second-order valence-corrected chi connectivity index (χ2v) is 3.85. The summed E-state index contributed by atoms with van der Waals surface area (Å²) in [4.78, 5) is 24.8. The second-order valence-electron chi connectivity index (χ2n) is 3.85. The van der Waals surface area contributed by atoms with Crippen LogP contribution >= 0.6 is 0 Å². The summed E-state index contributed by atoms with van der Waals surface area (Å²) in [5.41, 5.74) is 6.15. The number of benzene rings is 1. The Labute approximate surface area is 102 Å². The number of ether oxygens (including phenoxy) is 1. The summed E-state index contributed by atoms with van der Waals surface area (Å²) in [5, 5.41) is 9.50. The summed E-state index contributed by atoms with van der Waals surface area (Å²) in [6.07, 6.45) is -0.175. The molecule has 0 saturated heterocycles. The quantitative estimate of drug-likeness (QED) is 0.743. The van der Waals surface area contributed by atoms with Gasteiger partial charge in [-0.2, -0.15) is 0 Å². The summed E-state index contributed by atoms with van der Waals surface area (Å²) < 4.78 is 5.18. The number of nitrogen functional groups attached to an aromatic ring is 1. The van der Waals surface area contributed by atoms with Crippen LogP contribution in [0.1, 0.15) is 5.56 Å². The van der Waals surface area contributed by atoms with Gasteiger partial charge < -0.3 is 20.6 Å². The van der Waals surface area contributed by atoms with E-state index < -0.39 is 11.5 Å². The van der Waals surface area contributed by atoms with E-state index >= 15 is 0 Å². The largest absolute Gasteiger partial charge is 0.494 e. The highest BCUT2D eigenvalue weighted by atomic mass is 16.5. The number of aromatic amines is 1. The average molecular weight is 248 g/mol. The molecule has 0 fully saturated rings. The van der Waals surface area contributed by atoms with Gasteiger partial charge in [0.1, 0.15) is 5.75 Å². The van der Waals surface area contributed by atoms with Gasteiger partial charge in [0.2, 0.25) is 0 Å². The molecule has 0 unspecified atom stereocenters. The zero-order chi connectivity index (χ0) is 13.3. The number of aromatic nitrogens is 1. The van der Waals surface area contributed by atoms with Crippen LogP contribution in [0.15, 0.2) is 23.0 Å². The second kappa shape index (κ2) is 4.40. The fourth-order valence-electron chi connectivity index (χ4n) is 1.84. The van der Waals surface area contributed by atoms with Gasteiger partial charge in [-0.15, -0.1) is 0 Å². The Bertz CT molecular complexity index is 676. The van der Waals surface area contributed by atoms with Crippen molar-refractivity contribution in [3.63, 3.8) is 0 Å². The molecule has 6 nitrogen and oxygen atoms in total. The van der Waals surface area contributed by atoms with Gasteiger partial charge >= 0.3 is 5.97 Å². The van der Waals surface area contributed by atoms with Crippen LogP contribution in [-0.2, 0) is 11.2 Å². The van der Waals surface area contributed by atoms with Gasteiger partial charge in [0, 0.05) is 10.9 Å². The number of pyridine rings is 1. The number of aliphatic carboxylic acids is 1. The molecule has 1 heterocycles. The van der Waals surface area contributed by atoms with E-state index in [-0.39, 0.29) is 12.1 Å². The highest BCUT2D eigenvalue weighted by molar-refractivity contribution is 5.89. The third-order valence-electron chi connectivity index (χ3n) is 2.63. The Balaban J connectivity index is 2.74. The maximum Gasteiger partial charge on any atom is 0.307 e. The van der Waals surface area contributed by atoms with Crippen molar-refractivity contribution in [2.24, 2.45) is 0 Å². The van der Waals surface area contributed by atoms with E-state index in [1.54, 1.807) is 12.1 Å². The molecule has 2 aromatic rings. The standard InChI is InChI=1S/C12H12N2O4/c1-18-11-7(5-9(15)16)3-2-6-4-8(13)12(17)14-10(6)11/h2-4H,5,13H2,1H3,(H,14,17)(H,15,16). The molecule has 1 aromatic carbocycles. The van der Waals surface area contributed by atoms with Gasteiger partial charge in [-0.25, -0.2) is 0 Å². The van der Waals surface area contributed by atoms with Crippen molar-refractivity contribution in [2.75, 3.05) is 12.8 Å². The van der Waals surface area contributed by atoms with Crippen LogP contribution in [0.5, 0.6) is 5.75 Å². The lowest BCUT2D eigenvalue weighted by molar-refractivity contribution is -0.136. The smallest absolute Gasteiger partial charge is 0.307 e. The minimum absolute atomic E-state index is 0.107. The Hall–Kier alpha value is -2.50. The van der Waals surface area contributed by atoms with E-state index in [4.69, 9.17) is 15.6 Å². The van der Waals surface area contributed by atoms with Crippen molar-refractivity contribution in [1.82, 2.24) is 4.98 Å². The van der Waals surface area contributed by atoms with Crippen molar-refractivity contribution in [2.45, 2.75) is 6.42 Å². The lowest BCUT2D eigenvalue weighted by Crippen LogP contribution is -2.12. The first kappa shape index (κ1) is 12.0. The van der Waals surface area contributed by atoms with Crippen molar-refractivity contribution in [3.05, 3.63) is 34.1 Å². The van der Waals surface area contributed by atoms with Crippen molar-refractivity contribution in [1.29, 1.82) is 0 Å². The van der Waals surface area contributed by atoms with E-state index in [0.717, 1.165) is 0 Å². The first-order valence-electron chi connectivity index (χ1n) is 5.23. The number of H-pyrrole nitrogens is 1. The van der Waals surface area contributed by atoms with Crippen LogP contribution in [0.3, 0.4) is 0 Å². The average Bonchev–Trinajstić information content (AvgIpc) is 2.30. The van der Waals surface area contributed by atoms with Gasteiger partial charge in [0.25, 0.3) is 5.56 Å². The number of carbonyl (C=O) groups is 1. The summed E-state index contributed by atoms with van der Waals surface area (Å²) >= 11 is 0. The molecule has 6 heteroatoms. The zero-order valence-corrected chi connectivity index (χ0v) is 9.69. The maximum absolute atomic E-state index is 11.5. The van der Waals surface area contributed by atoms with Crippen molar-refractivity contribution in [3.8, 4) is 5.75 Å². The molecule has 94 valence electrons. The summed E-state index contributed by atoms with van der Waals surface area (Å²) in [6.45, 7) is 0. The van der Waals surface area contributed by atoms with Crippen LogP contribution in [-0.4, -0.2) is 23.2 Å². The minimum atomic E-state index is -0.967. The number of hydrogen-bond donors (Lipinski definition) is 3. The van der Waals surface area contributed by atoms with Gasteiger partial charge in [-0.3, -0.25) is 9.59 Å². The van der Waals surface area contributed by atoms with Crippen LogP contribution in [0.25, 0.3) is 10.9 Å². The fraction of sp³-hybridized carbons (Fsp3) is 0.167. The third-order valence-corrected chi connectivity index (χ3v) is 2.63. The SMILES string of the molecule is COc1c(CC(=O)O)ccc2cc(N)c(=O)[nH]c12. The number of methoxy groups -OCH3 is 1. The topological polar surface area (TPSA) is 105 Å². The summed E-state index contributed by atoms with van der Waals surface area (Å²) in [7, 11) is 1.43. The van der Waals surface area contributed by atoms with E-state index in [1.807, 2.05) is 0 Å². The molecule has 0 aliphatic heterocycles. The fourth-order valence-corrected chi connectivity index (χ4v) is 1.84. The molecule has 1 aromatic heterocycles. The van der Waals surface area contributed by atoms with Crippen molar-refractivity contribution < 1.29 is 14.6 Å². The van der Waals surface area contributed by atoms with Crippen molar-refractivity contribution >= 4 is 22.6 Å². The van der Waals surface area contributed by atoms with Gasteiger partial charge in [0.05, 0.1) is 24.7 Å². The summed E-state index contributed by atoms with van der Waals surface area (Å²) in [6, 6.07) is 4.87. The van der Waals surface area contributed by atoms with Crippen LogP contribution in [0.2, 0.25) is 0 Å². The van der Waals surface area contributed by atoms with Gasteiger partial charge in [0.15, 0.2) is 0 Å². The Morgan fingerprint density at radius 1 is 1.50 bits per heavy atom. The molecule has 0 aliphatic carbocycles. The van der Waals surface area contributed by atoms with E-state index in [0.29, 0.717) is 22.2 Å². The van der Waals surface area contributed by atoms with E-state index in [1.165, 1.54) is 13.2 Å². The lowest BCUT2D eigenvalue weighted by Gasteiger charge is -2.10. The predicted molar refractivity (Wildman–Crippen MR) is 66.9 cm³/mol. The number of hydrogen-bond acceptors (Lipinski definition) is 4. The zero-order valence-electron chi connectivity index (χ0n) is 9.69. The van der Waals surface area contributed by atoms with E-state index in [2.05, 4.69) is 4.98 Å². The Kier molecular flexibility index (Phi) is 2.93. The summed E-state index contributed by atoms with van der Waals surface area (Å²) in [5.74, 6) is -0.613. The number of carboxylic acids is 1. The number of rotatable bonds is 3. The molecule has 0 spiro atoms. The molecule has 18 heavy (non-hydrogen) atoms. The minimum Gasteiger partial charge on any atom is -0.494 e. The number of fused-ring (bicyclic) bond motifs is 1. The molecular formula is C12H12N2O4. The molecule has 0 saturated carbocycles. The number of nitrogens with one attached hydrogen (secondary N) is 1. The third kappa shape index (κ3) is 2.00. The molecule has 0 amide bonds. The predicted octanol–water partition coefficient (Wildman–Crippen LogP) is 0.746. The van der Waals surface area contributed by atoms with Crippen LogP contribution < -0.4 is 16.0 Å². The highest BCUT2D eigenvalue weighted by Crippen LogP contribution is 2.28. The highest BCUT2D eigenvalue weighted by Gasteiger charge is 2.12. The molecule has 0 aliphatic rings. The van der Waals surface area contributed by atoms with Gasteiger partial charge in [-0.1, -0.05) is 12.1 Å². The number of nitrogens with two attached hydrogens (primary N) is 1. The van der Waals surface area contributed by atoms with Crippen LogP contribution in [0.4, 0.5) is 5.69 Å². The van der Waals surface area contributed by atoms with Gasteiger partial charge in [-0.05, 0) is 6.07 Å². The molecule has 0 atom stereocenters. The molecular weight excluding hydrogens is 236 g/mol. The molecule has 0 radical (unpaired) electrons. The van der Waals surface area contributed by atoms with Crippen LogP contribution in [0, 0.1) is 0 Å².